The average Bonchev–Trinajstić information content (AvgIpc) is 2.29. The van der Waals surface area contributed by atoms with Crippen LogP contribution >= 0.6 is 0 Å². The average molecular weight is 140 g/mol. The Kier molecular flexibility index (Phi) is 1.20. The van der Waals surface area contributed by atoms with Gasteiger partial charge in [0, 0.05) is 31.6 Å². The molecule has 0 unspecified atom stereocenters. The second-order valence-electron chi connectivity index (χ2n) is 3.43. The molecule has 3 heteroatoms. The van der Waals surface area contributed by atoms with Gasteiger partial charge in [0.2, 0.25) is 6.41 Å². The topological polar surface area (TPSA) is 32.3 Å². The third kappa shape index (κ3) is 0.736. The van der Waals surface area contributed by atoms with Gasteiger partial charge in [-0.15, -0.1) is 0 Å². The van der Waals surface area contributed by atoms with Crippen LogP contribution in [0, 0.1) is 5.41 Å². The van der Waals surface area contributed by atoms with Crippen molar-refractivity contribution in [2.75, 3.05) is 26.2 Å². The molecule has 2 rings (SSSR count). The molecule has 0 bridgehead atoms. The molecule has 0 saturated carbocycles. The first-order valence-corrected chi connectivity index (χ1v) is 3.75. The summed E-state index contributed by atoms with van der Waals surface area (Å²) in [5.74, 6) is 0. The van der Waals surface area contributed by atoms with Crippen LogP contribution in [0.25, 0.3) is 0 Å². The molecular weight excluding hydrogens is 128 g/mol. The van der Waals surface area contributed by atoms with Gasteiger partial charge in [-0.05, 0) is 6.42 Å². The highest BCUT2D eigenvalue weighted by Crippen LogP contribution is 2.32. The van der Waals surface area contributed by atoms with Gasteiger partial charge in [0.25, 0.3) is 0 Å². The third-order valence-electron chi connectivity index (χ3n) is 2.62. The van der Waals surface area contributed by atoms with E-state index in [1.165, 1.54) is 6.42 Å². The quantitative estimate of drug-likeness (QED) is 0.495. The number of carbonyl (C=O) groups excluding carboxylic acids is 1. The van der Waals surface area contributed by atoms with Crippen molar-refractivity contribution in [1.29, 1.82) is 0 Å². The second kappa shape index (κ2) is 1.95. The predicted octanol–water partition coefficient (Wildman–Crippen LogP) is -0.562. The Morgan fingerprint density at radius 1 is 1.50 bits per heavy atom. The van der Waals surface area contributed by atoms with Gasteiger partial charge in [0.15, 0.2) is 0 Å². The molecule has 0 aromatic heterocycles. The Hall–Kier alpha value is -0.570. The summed E-state index contributed by atoms with van der Waals surface area (Å²) in [6.45, 7) is 4.16. The largest absolute Gasteiger partial charge is 0.345 e. The van der Waals surface area contributed by atoms with Gasteiger partial charge < -0.3 is 10.2 Å². The van der Waals surface area contributed by atoms with Gasteiger partial charge in [-0.3, -0.25) is 4.79 Å². The maximum absolute atomic E-state index is 10.3. The van der Waals surface area contributed by atoms with Crippen LogP contribution in [0.1, 0.15) is 6.42 Å². The summed E-state index contributed by atoms with van der Waals surface area (Å²) in [5, 5.41) is 3.25. The molecule has 2 fully saturated rings. The number of hydrogen-bond acceptors (Lipinski definition) is 2. The fraction of sp³-hybridized carbons (Fsp3) is 0.857. The first-order valence-electron chi connectivity index (χ1n) is 3.75. The molecule has 3 nitrogen and oxygen atoms in total. The number of nitrogens with zero attached hydrogens (tertiary/aromatic N) is 1. The molecule has 2 saturated heterocycles. The van der Waals surface area contributed by atoms with Crippen LogP contribution in [0.3, 0.4) is 0 Å². The van der Waals surface area contributed by atoms with Crippen molar-refractivity contribution in [3.8, 4) is 0 Å². The Bertz CT molecular complexity index is 154. The van der Waals surface area contributed by atoms with Gasteiger partial charge >= 0.3 is 0 Å². The molecule has 2 heterocycles. The minimum Gasteiger partial charge on any atom is -0.345 e. The van der Waals surface area contributed by atoms with E-state index in [0.29, 0.717) is 5.41 Å². The van der Waals surface area contributed by atoms with Crippen molar-refractivity contribution in [2.45, 2.75) is 6.42 Å². The van der Waals surface area contributed by atoms with E-state index < -0.39 is 0 Å². The van der Waals surface area contributed by atoms with Crippen LogP contribution in [-0.2, 0) is 4.79 Å². The number of carbonyl (C=O) groups is 1. The monoisotopic (exact) mass is 140 g/mol. The van der Waals surface area contributed by atoms with E-state index in [4.69, 9.17) is 0 Å². The van der Waals surface area contributed by atoms with Crippen LogP contribution in [0.4, 0.5) is 0 Å². The summed E-state index contributed by atoms with van der Waals surface area (Å²) in [7, 11) is 0. The molecule has 1 N–H and O–H groups in total. The lowest BCUT2D eigenvalue weighted by Crippen LogP contribution is -2.54. The Labute approximate surface area is 60.4 Å². The highest BCUT2D eigenvalue weighted by Gasteiger charge is 2.42. The van der Waals surface area contributed by atoms with Crippen molar-refractivity contribution < 1.29 is 4.79 Å². The molecule has 10 heavy (non-hydrogen) atoms. The van der Waals surface area contributed by atoms with Crippen LogP contribution in [0.5, 0.6) is 0 Å². The van der Waals surface area contributed by atoms with Crippen molar-refractivity contribution >= 4 is 6.41 Å². The lowest BCUT2D eigenvalue weighted by Gasteiger charge is -2.38. The summed E-state index contributed by atoms with van der Waals surface area (Å²) >= 11 is 0. The molecular formula is C7H12N2O. The van der Waals surface area contributed by atoms with Crippen LogP contribution in [-0.4, -0.2) is 37.5 Å². The van der Waals surface area contributed by atoms with Crippen molar-refractivity contribution in [1.82, 2.24) is 10.2 Å². The number of rotatable bonds is 1. The number of amides is 1. The van der Waals surface area contributed by atoms with E-state index in [1.54, 1.807) is 0 Å². The Morgan fingerprint density at radius 2 is 2.30 bits per heavy atom. The van der Waals surface area contributed by atoms with E-state index in [0.717, 1.165) is 32.6 Å². The first-order chi connectivity index (χ1) is 4.85. The van der Waals surface area contributed by atoms with E-state index in [9.17, 15) is 4.79 Å². The van der Waals surface area contributed by atoms with Crippen molar-refractivity contribution in [3.05, 3.63) is 0 Å². The highest BCUT2D eigenvalue weighted by molar-refractivity contribution is 5.48. The molecule has 0 atom stereocenters. The summed E-state index contributed by atoms with van der Waals surface area (Å²) in [5.41, 5.74) is 0.473. The standard InChI is InChI=1S/C7H12N2O/c10-6-9-2-1-7(5-9)3-8-4-7/h6,8H,1-5H2. The van der Waals surface area contributed by atoms with E-state index >= 15 is 0 Å². The first kappa shape index (κ1) is 6.16. The predicted molar refractivity (Wildman–Crippen MR) is 37.6 cm³/mol. The smallest absolute Gasteiger partial charge is 0.209 e. The number of likely N-dealkylation sites (tertiary alicyclic amines) is 1. The molecule has 0 aliphatic carbocycles. The molecule has 56 valence electrons. The van der Waals surface area contributed by atoms with E-state index in [1.807, 2.05) is 4.90 Å². The zero-order valence-electron chi connectivity index (χ0n) is 5.97. The Morgan fingerprint density at radius 3 is 2.60 bits per heavy atom. The molecule has 0 radical (unpaired) electrons. The third-order valence-corrected chi connectivity index (χ3v) is 2.62. The van der Waals surface area contributed by atoms with Crippen LogP contribution in [0.2, 0.25) is 0 Å². The molecule has 0 aromatic carbocycles. The zero-order chi connectivity index (χ0) is 7.03. The van der Waals surface area contributed by atoms with E-state index in [-0.39, 0.29) is 0 Å². The fourth-order valence-corrected chi connectivity index (χ4v) is 1.83. The maximum atomic E-state index is 10.3. The van der Waals surface area contributed by atoms with Gasteiger partial charge in [-0.2, -0.15) is 0 Å². The molecule has 0 aromatic rings. The number of hydrogen-bond donors (Lipinski definition) is 1. The molecule has 2 aliphatic rings. The Balaban J connectivity index is 1.98. The minimum atomic E-state index is 0.473. The SMILES string of the molecule is O=CN1CCC2(CNC2)C1. The van der Waals surface area contributed by atoms with E-state index in [2.05, 4.69) is 5.32 Å². The highest BCUT2D eigenvalue weighted by atomic mass is 16.1. The second-order valence-corrected chi connectivity index (χ2v) is 3.43. The molecule has 1 amide bonds. The fourth-order valence-electron chi connectivity index (χ4n) is 1.83. The summed E-state index contributed by atoms with van der Waals surface area (Å²) in [6.07, 6.45) is 2.16. The summed E-state index contributed by atoms with van der Waals surface area (Å²) in [6, 6.07) is 0. The maximum Gasteiger partial charge on any atom is 0.209 e. The molecule has 1 spiro atoms. The summed E-state index contributed by atoms with van der Waals surface area (Å²) in [4.78, 5) is 12.2. The molecule has 2 aliphatic heterocycles. The zero-order valence-corrected chi connectivity index (χ0v) is 5.97. The normalized spacial score (nSPS) is 28.6. The van der Waals surface area contributed by atoms with Gasteiger partial charge in [-0.1, -0.05) is 0 Å². The lowest BCUT2D eigenvalue weighted by atomic mass is 9.81. The summed E-state index contributed by atoms with van der Waals surface area (Å²) < 4.78 is 0. The lowest BCUT2D eigenvalue weighted by molar-refractivity contribution is -0.117. The minimum absolute atomic E-state index is 0.473. The number of nitrogens with one attached hydrogen (secondary N) is 1. The van der Waals surface area contributed by atoms with Crippen LogP contribution < -0.4 is 5.32 Å². The van der Waals surface area contributed by atoms with Gasteiger partial charge in [0.05, 0.1) is 0 Å². The van der Waals surface area contributed by atoms with Gasteiger partial charge in [0.1, 0.15) is 0 Å². The van der Waals surface area contributed by atoms with Crippen molar-refractivity contribution in [2.24, 2.45) is 5.41 Å². The van der Waals surface area contributed by atoms with Gasteiger partial charge in [-0.25, -0.2) is 0 Å². The van der Waals surface area contributed by atoms with Crippen LogP contribution in [0.15, 0.2) is 0 Å². The van der Waals surface area contributed by atoms with Crippen molar-refractivity contribution in [3.63, 3.8) is 0 Å².